The third-order valence-electron chi connectivity index (χ3n) is 2.85. The maximum absolute atomic E-state index is 5.53. The molecule has 1 heterocycles. The van der Waals surface area contributed by atoms with Crippen molar-refractivity contribution in [3.63, 3.8) is 0 Å². The summed E-state index contributed by atoms with van der Waals surface area (Å²) in [7, 11) is 0. The Kier molecular flexibility index (Phi) is 2.12. The molecule has 1 aromatic heterocycles. The second-order valence-electron chi connectivity index (χ2n) is 4.36. The smallest absolute Gasteiger partial charge is 0.0948 e. The van der Waals surface area contributed by atoms with Gasteiger partial charge in [0, 0.05) is 24.9 Å². The van der Waals surface area contributed by atoms with E-state index in [-0.39, 0.29) is 0 Å². The summed E-state index contributed by atoms with van der Waals surface area (Å²) in [6.45, 7) is 4.16. The zero-order valence-electron chi connectivity index (χ0n) is 8.16. The summed E-state index contributed by atoms with van der Waals surface area (Å²) in [4.78, 5) is 4.16. The van der Waals surface area contributed by atoms with Gasteiger partial charge in [0.15, 0.2) is 0 Å². The highest BCUT2D eigenvalue weighted by Gasteiger charge is 2.37. The number of aromatic nitrogens is 2. The van der Waals surface area contributed by atoms with Crippen LogP contribution in [0.4, 0.5) is 0 Å². The predicted octanol–water partition coefficient (Wildman–Crippen LogP) is 1.18. The van der Waals surface area contributed by atoms with Crippen LogP contribution < -0.4 is 5.73 Å². The summed E-state index contributed by atoms with van der Waals surface area (Å²) in [5, 5.41) is 0. The molecule has 1 fully saturated rings. The second-order valence-corrected chi connectivity index (χ2v) is 4.36. The van der Waals surface area contributed by atoms with E-state index in [0.29, 0.717) is 12.0 Å². The number of rotatable bonds is 4. The van der Waals surface area contributed by atoms with E-state index >= 15 is 0 Å². The largest absolute Gasteiger partial charge is 0.334 e. The van der Waals surface area contributed by atoms with E-state index in [2.05, 4.69) is 16.5 Å². The maximum Gasteiger partial charge on any atom is 0.0948 e. The van der Waals surface area contributed by atoms with Crippen LogP contribution in [-0.4, -0.2) is 16.1 Å². The molecule has 13 heavy (non-hydrogen) atoms. The Hall–Kier alpha value is -0.830. The van der Waals surface area contributed by atoms with E-state index in [4.69, 9.17) is 5.73 Å². The van der Waals surface area contributed by atoms with Gasteiger partial charge in [-0.1, -0.05) is 6.92 Å². The molecular formula is C10H17N3. The van der Waals surface area contributed by atoms with Crippen LogP contribution >= 0.6 is 0 Å². The third kappa shape index (κ3) is 1.91. The molecule has 2 N–H and O–H groups in total. The quantitative estimate of drug-likeness (QED) is 0.754. The minimum atomic E-state index is 0.546. The van der Waals surface area contributed by atoms with Gasteiger partial charge in [-0.25, -0.2) is 4.98 Å². The fourth-order valence-corrected chi connectivity index (χ4v) is 1.63. The minimum Gasteiger partial charge on any atom is -0.334 e. The number of nitrogens with zero attached hydrogens (tertiary/aromatic N) is 2. The van der Waals surface area contributed by atoms with E-state index < -0.39 is 0 Å². The Morgan fingerprint density at radius 3 is 3.00 bits per heavy atom. The highest BCUT2D eigenvalue weighted by atomic mass is 15.1. The summed E-state index contributed by atoms with van der Waals surface area (Å²) >= 11 is 0. The summed E-state index contributed by atoms with van der Waals surface area (Å²) in [5.74, 6) is 0. The van der Waals surface area contributed by atoms with Gasteiger partial charge < -0.3 is 10.3 Å². The SMILES string of the molecule is CC1(Cn2cncc2CCN)CC1. The number of hydrogen-bond donors (Lipinski definition) is 1. The van der Waals surface area contributed by atoms with Crippen molar-refractivity contribution in [1.82, 2.24) is 9.55 Å². The van der Waals surface area contributed by atoms with E-state index in [1.165, 1.54) is 18.5 Å². The van der Waals surface area contributed by atoms with Crippen molar-refractivity contribution in [3.8, 4) is 0 Å². The normalized spacial score (nSPS) is 18.9. The van der Waals surface area contributed by atoms with E-state index in [0.717, 1.165) is 13.0 Å². The average molecular weight is 179 g/mol. The van der Waals surface area contributed by atoms with Gasteiger partial charge in [-0.2, -0.15) is 0 Å². The molecule has 0 aliphatic heterocycles. The van der Waals surface area contributed by atoms with Crippen molar-refractivity contribution in [2.75, 3.05) is 6.54 Å². The fourth-order valence-electron chi connectivity index (χ4n) is 1.63. The van der Waals surface area contributed by atoms with Crippen molar-refractivity contribution < 1.29 is 0 Å². The van der Waals surface area contributed by atoms with Gasteiger partial charge in [-0.05, 0) is 24.8 Å². The van der Waals surface area contributed by atoms with E-state index in [1.807, 2.05) is 12.5 Å². The lowest BCUT2D eigenvalue weighted by molar-refractivity contribution is 0.454. The van der Waals surface area contributed by atoms with Gasteiger partial charge in [0.2, 0.25) is 0 Å². The first kappa shape index (κ1) is 8.75. The Labute approximate surface area is 79.0 Å². The lowest BCUT2D eigenvalue weighted by atomic mass is 10.1. The predicted molar refractivity (Wildman–Crippen MR) is 52.3 cm³/mol. The van der Waals surface area contributed by atoms with Gasteiger partial charge in [0.05, 0.1) is 6.33 Å². The number of nitrogens with two attached hydrogens (primary N) is 1. The average Bonchev–Trinajstić information content (AvgIpc) is 2.65. The molecule has 0 amide bonds. The van der Waals surface area contributed by atoms with Crippen molar-refractivity contribution >= 4 is 0 Å². The molecule has 1 aliphatic carbocycles. The van der Waals surface area contributed by atoms with Crippen LogP contribution in [0.5, 0.6) is 0 Å². The Balaban J connectivity index is 2.06. The van der Waals surface area contributed by atoms with Crippen LogP contribution in [-0.2, 0) is 13.0 Å². The van der Waals surface area contributed by atoms with E-state index in [9.17, 15) is 0 Å². The summed E-state index contributed by atoms with van der Waals surface area (Å²) in [5.41, 5.74) is 7.35. The summed E-state index contributed by atoms with van der Waals surface area (Å²) < 4.78 is 2.25. The first-order valence-corrected chi connectivity index (χ1v) is 4.93. The van der Waals surface area contributed by atoms with Crippen molar-refractivity contribution in [1.29, 1.82) is 0 Å². The van der Waals surface area contributed by atoms with Crippen LogP contribution in [0.3, 0.4) is 0 Å². The number of imidazole rings is 1. The first-order valence-electron chi connectivity index (χ1n) is 4.93. The van der Waals surface area contributed by atoms with Crippen molar-refractivity contribution in [2.24, 2.45) is 11.1 Å². The lowest BCUT2D eigenvalue weighted by Gasteiger charge is -2.11. The first-order chi connectivity index (χ1) is 6.23. The molecule has 2 rings (SSSR count). The van der Waals surface area contributed by atoms with Gasteiger partial charge in [0.25, 0.3) is 0 Å². The molecule has 0 spiro atoms. The van der Waals surface area contributed by atoms with Crippen LogP contribution in [0, 0.1) is 5.41 Å². The van der Waals surface area contributed by atoms with Gasteiger partial charge in [-0.15, -0.1) is 0 Å². The molecule has 72 valence electrons. The van der Waals surface area contributed by atoms with Gasteiger partial charge in [0.1, 0.15) is 0 Å². The molecule has 3 nitrogen and oxygen atoms in total. The van der Waals surface area contributed by atoms with Crippen LogP contribution in [0.15, 0.2) is 12.5 Å². The standard InChI is InChI=1S/C10H17N3/c1-10(3-4-10)7-13-8-12-6-9(13)2-5-11/h6,8H,2-5,7,11H2,1H3. The van der Waals surface area contributed by atoms with Crippen LogP contribution in [0.1, 0.15) is 25.5 Å². The van der Waals surface area contributed by atoms with Gasteiger partial charge >= 0.3 is 0 Å². The highest BCUT2D eigenvalue weighted by molar-refractivity contribution is 5.01. The molecule has 0 atom stereocenters. The molecule has 0 radical (unpaired) electrons. The molecule has 3 heteroatoms. The van der Waals surface area contributed by atoms with Crippen LogP contribution in [0.2, 0.25) is 0 Å². The zero-order valence-corrected chi connectivity index (χ0v) is 8.16. The molecule has 1 aliphatic rings. The number of hydrogen-bond acceptors (Lipinski definition) is 2. The van der Waals surface area contributed by atoms with E-state index in [1.54, 1.807) is 0 Å². The Morgan fingerprint density at radius 1 is 1.62 bits per heavy atom. The summed E-state index contributed by atoms with van der Waals surface area (Å²) in [6.07, 6.45) is 7.50. The molecular weight excluding hydrogens is 162 g/mol. The molecule has 0 aromatic carbocycles. The second kappa shape index (κ2) is 3.14. The molecule has 1 aromatic rings. The maximum atomic E-state index is 5.53. The lowest BCUT2D eigenvalue weighted by Crippen LogP contribution is -2.12. The Bertz CT molecular complexity index is 286. The molecule has 0 bridgehead atoms. The van der Waals surface area contributed by atoms with Crippen molar-refractivity contribution in [3.05, 3.63) is 18.2 Å². The molecule has 0 saturated heterocycles. The summed E-state index contributed by atoms with van der Waals surface area (Å²) in [6, 6.07) is 0. The van der Waals surface area contributed by atoms with Crippen molar-refractivity contribution in [2.45, 2.75) is 32.7 Å². The zero-order chi connectivity index (χ0) is 9.31. The minimum absolute atomic E-state index is 0.546. The topological polar surface area (TPSA) is 43.8 Å². The highest BCUT2D eigenvalue weighted by Crippen LogP contribution is 2.46. The molecule has 1 saturated carbocycles. The third-order valence-corrected chi connectivity index (χ3v) is 2.85. The monoisotopic (exact) mass is 179 g/mol. The van der Waals surface area contributed by atoms with Crippen LogP contribution in [0.25, 0.3) is 0 Å². The fraction of sp³-hybridized carbons (Fsp3) is 0.700. The Morgan fingerprint density at radius 2 is 2.38 bits per heavy atom. The molecule has 0 unspecified atom stereocenters. The van der Waals surface area contributed by atoms with Gasteiger partial charge in [-0.3, -0.25) is 0 Å².